The molecule has 0 saturated carbocycles. The zero-order valence-corrected chi connectivity index (χ0v) is 23.9. The molecule has 0 aliphatic carbocycles. The fraction of sp³-hybridized carbons (Fsp3) is 0.310. The zero-order chi connectivity index (χ0) is 26.6. The molecule has 0 spiro atoms. The molecule has 8 heteroatoms. The van der Waals surface area contributed by atoms with E-state index in [1.807, 2.05) is 91.0 Å². The van der Waals surface area contributed by atoms with E-state index in [4.69, 9.17) is 8.85 Å². The molecule has 0 radical (unpaired) electrons. The Morgan fingerprint density at radius 1 is 0.568 bits per heavy atom. The van der Waals surface area contributed by atoms with Crippen LogP contribution in [0.4, 0.5) is 9.59 Å². The normalized spacial score (nSPS) is 11.9. The van der Waals surface area contributed by atoms with Gasteiger partial charge in [0, 0.05) is 0 Å². The molecule has 6 nitrogen and oxygen atoms in total. The van der Waals surface area contributed by atoms with E-state index in [1.165, 1.54) is 0 Å². The predicted octanol–water partition coefficient (Wildman–Crippen LogP) is 6.55. The van der Waals surface area contributed by atoms with Crippen LogP contribution in [-0.4, -0.2) is 28.8 Å². The van der Waals surface area contributed by atoms with Crippen molar-refractivity contribution in [3.63, 3.8) is 0 Å². The molecule has 0 aliphatic rings. The van der Waals surface area contributed by atoms with Gasteiger partial charge in [0.1, 0.15) is 0 Å². The van der Waals surface area contributed by atoms with Crippen LogP contribution in [0.1, 0.15) is 40.0 Å². The average Bonchev–Trinajstić information content (AvgIpc) is 2.92. The summed E-state index contributed by atoms with van der Waals surface area (Å²) in [4.78, 5) is 25.9. The molecule has 0 bridgehead atoms. The Hall–Kier alpha value is -3.37. The molecule has 0 fully saturated rings. The highest BCUT2D eigenvalue weighted by Gasteiger charge is 2.45. The SMILES string of the molecule is CCC[Si](CCC)(CCC)OC(=O)/N=N/C(=O)O[Si](c1ccccc1)(c1ccccc1)c1ccccc1. The van der Waals surface area contributed by atoms with Crippen LogP contribution >= 0.6 is 0 Å². The monoisotopic (exact) mass is 532 g/mol. The molecule has 37 heavy (non-hydrogen) atoms. The van der Waals surface area contributed by atoms with E-state index in [-0.39, 0.29) is 0 Å². The summed E-state index contributed by atoms with van der Waals surface area (Å²) in [6, 6.07) is 31.8. The van der Waals surface area contributed by atoms with Gasteiger partial charge in [-0.1, -0.05) is 141 Å². The lowest BCUT2D eigenvalue weighted by atomic mass is 10.3. The van der Waals surface area contributed by atoms with Crippen molar-refractivity contribution in [1.82, 2.24) is 0 Å². The van der Waals surface area contributed by atoms with Crippen LogP contribution in [0.3, 0.4) is 0 Å². The molecular weight excluding hydrogens is 497 g/mol. The first kappa shape index (κ1) is 28.2. The third-order valence-corrected chi connectivity index (χ3v) is 15.2. The Bertz CT molecular complexity index is 1040. The second-order valence-electron chi connectivity index (χ2n) is 9.15. The van der Waals surface area contributed by atoms with Gasteiger partial charge in [0.25, 0.3) is 8.32 Å². The van der Waals surface area contributed by atoms with E-state index in [2.05, 4.69) is 31.0 Å². The fourth-order valence-corrected chi connectivity index (χ4v) is 12.9. The molecule has 0 unspecified atom stereocenters. The van der Waals surface area contributed by atoms with Gasteiger partial charge in [-0.2, -0.15) is 0 Å². The minimum atomic E-state index is -3.29. The number of azo groups is 1. The minimum Gasteiger partial charge on any atom is -0.501 e. The first-order valence-corrected chi connectivity index (χ1v) is 17.5. The third-order valence-electron chi connectivity index (χ3n) is 6.42. The van der Waals surface area contributed by atoms with Crippen LogP contribution in [0.2, 0.25) is 18.1 Å². The summed E-state index contributed by atoms with van der Waals surface area (Å²) in [5.74, 6) is 0. The number of nitrogens with zero attached hydrogens (tertiary/aromatic N) is 2. The van der Waals surface area contributed by atoms with Gasteiger partial charge in [0.15, 0.2) is 0 Å². The van der Waals surface area contributed by atoms with E-state index in [0.29, 0.717) is 0 Å². The highest BCUT2D eigenvalue weighted by atomic mass is 28.4. The topological polar surface area (TPSA) is 77.3 Å². The van der Waals surface area contributed by atoms with Crippen molar-refractivity contribution in [3.05, 3.63) is 91.0 Å². The average molecular weight is 533 g/mol. The largest absolute Gasteiger partial charge is 0.501 e. The molecule has 0 aromatic heterocycles. The van der Waals surface area contributed by atoms with Gasteiger partial charge < -0.3 is 8.85 Å². The van der Waals surface area contributed by atoms with Crippen molar-refractivity contribution in [1.29, 1.82) is 0 Å². The lowest BCUT2D eigenvalue weighted by Gasteiger charge is -2.31. The summed E-state index contributed by atoms with van der Waals surface area (Å²) in [6.45, 7) is 6.29. The lowest BCUT2D eigenvalue weighted by Crippen LogP contribution is -2.69. The van der Waals surface area contributed by atoms with Gasteiger partial charge in [0.2, 0.25) is 0 Å². The molecule has 194 valence electrons. The number of hydrogen-bond acceptors (Lipinski definition) is 4. The zero-order valence-electron chi connectivity index (χ0n) is 21.9. The maximum atomic E-state index is 13.2. The Morgan fingerprint density at radius 2 is 0.892 bits per heavy atom. The molecule has 0 aliphatic heterocycles. The minimum absolute atomic E-state index is 0.801. The second kappa shape index (κ2) is 13.8. The summed E-state index contributed by atoms with van der Waals surface area (Å²) in [5, 5.41) is 10.0. The van der Waals surface area contributed by atoms with Crippen LogP contribution in [0, 0.1) is 0 Å². The number of rotatable bonds is 11. The van der Waals surface area contributed by atoms with Crippen molar-refractivity contribution < 1.29 is 18.4 Å². The van der Waals surface area contributed by atoms with E-state index in [1.54, 1.807) is 0 Å². The van der Waals surface area contributed by atoms with Gasteiger partial charge in [0.05, 0.1) is 0 Å². The van der Waals surface area contributed by atoms with Gasteiger partial charge in [-0.15, -0.1) is 0 Å². The van der Waals surface area contributed by atoms with Crippen LogP contribution in [0.25, 0.3) is 0 Å². The highest BCUT2D eigenvalue weighted by Crippen LogP contribution is 2.28. The molecule has 0 heterocycles. The molecular formula is C29H36N2O4Si2. The Labute approximate surface area is 222 Å². The van der Waals surface area contributed by atoms with Crippen LogP contribution < -0.4 is 15.6 Å². The van der Waals surface area contributed by atoms with Gasteiger partial charge >= 0.3 is 20.5 Å². The predicted molar refractivity (Wildman–Crippen MR) is 153 cm³/mol. The number of carbonyl (C=O) groups excluding carboxylic acids is 2. The second-order valence-corrected chi connectivity index (χ2v) is 16.5. The highest BCUT2D eigenvalue weighted by molar-refractivity contribution is 7.07. The van der Waals surface area contributed by atoms with Crippen molar-refractivity contribution in [2.45, 2.75) is 58.2 Å². The Morgan fingerprint density at radius 3 is 1.22 bits per heavy atom. The third kappa shape index (κ3) is 7.11. The standard InChI is InChI=1S/C29H36N2O4Si2/c1-4-22-36(23-5-2,24-6-3)34-28(32)30-31-29(33)35-37(25-16-10-7-11-17-25,26-18-12-8-13-19-26)27-20-14-9-15-21-27/h7-21H,4-6,22-24H2,1-3H3/b31-30+. The molecule has 0 N–H and O–H groups in total. The summed E-state index contributed by atoms with van der Waals surface area (Å²) >= 11 is 0. The number of carbonyl (C=O) groups is 2. The first-order chi connectivity index (χ1) is 18.0. The molecule has 3 rings (SSSR count). The summed E-state index contributed by atoms with van der Waals surface area (Å²) < 4.78 is 12.2. The summed E-state index contributed by atoms with van der Waals surface area (Å²) in [7, 11) is -5.57. The molecule has 0 saturated heterocycles. The van der Waals surface area contributed by atoms with Crippen molar-refractivity contribution in [2.24, 2.45) is 10.2 Å². The van der Waals surface area contributed by atoms with E-state index in [0.717, 1.165) is 53.0 Å². The summed E-state index contributed by atoms with van der Waals surface area (Å²) in [5.41, 5.74) is 0. The molecule has 3 aromatic carbocycles. The quantitative estimate of drug-likeness (QED) is 0.159. The number of amides is 2. The van der Waals surface area contributed by atoms with Gasteiger partial charge in [-0.25, -0.2) is 9.59 Å². The van der Waals surface area contributed by atoms with Gasteiger partial charge in [-0.05, 0) is 33.7 Å². The molecule has 2 amide bonds. The van der Waals surface area contributed by atoms with Crippen LogP contribution in [0.5, 0.6) is 0 Å². The number of benzene rings is 3. The Kier molecular flexibility index (Phi) is 10.5. The Balaban J connectivity index is 1.95. The maximum absolute atomic E-state index is 13.2. The van der Waals surface area contributed by atoms with Crippen molar-refractivity contribution in [3.8, 4) is 0 Å². The van der Waals surface area contributed by atoms with Gasteiger partial charge in [-0.3, -0.25) is 0 Å². The molecule has 3 aromatic rings. The van der Waals surface area contributed by atoms with Crippen LogP contribution in [-0.2, 0) is 8.85 Å². The van der Waals surface area contributed by atoms with E-state index < -0.39 is 28.8 Å². The maximum Gasteiger partial charge on any atom is 0.439 e. The van der Waals surface area contributed by atoms with Crippen molar-refractivity contribution in [2.75, 3.05) is 0 Å². The van der Waals surface area contributed by atoms with Crippen molar-refractivity contribution >= 4 is 44.4 Å². The summed E-state index contributed by atoms with van der Waals surface area (Å²) in [6.07, 6.45) is 1.12. The lowest BCUT2D eigenvalue weighted by molar-refractivity contribution is 0.198. The van der Waals surface area contributed by atoms with E-state index >= 15 is 0 Å². The van der Waals surface area contributed by atoms with Crippen LogP contribution in [0.15, 0.2) is 101 Å². The number of hydrogen-bond donors (Lipinski definition) is 0. The molecule has 0 atom stereocenters. The van der Waals surface area contributed by atoms with E-state index in [9.17, 15) is 9.59 Å². The smallest absolute Gasteiger partial charge is 0.439 e. The fourth-order valence-electron chi connectivity index (χ4n) is 5.03. The first-order valence-electron chi connectivity index (χ1n) is 13.0.